The lowest BCUT2D eigenvalue weighted by Crippen LogP contribution is -2.59. The second kappa shape index (κ2) is 8.42. The number of amides is 1. The van der Waals surface area contributed by atoms with E-state index < -0.39 is 11.7 Å². The van der Waals surface area contributed by atoms with Gasteiger partial charge in [-0.2, -0.15) is 28.6 Å². The molecule has 0 unspecified atom stereocenters. The zero-order chi connectivity index (χ0) is 25.0. The third-order valence-electron chi connectivity index (χ3n) is 6.39. The highest BCUT2D eigenvalue weighted by Crippen LogP contribution is 2.34. The van der Waals surface area contributed by atoms with Gasteiger partial charge in [0.1, 0.15) is 11.0 Å². The van der Waals surface area contributed by atoms with E-state index in [9.17, 15) is 18.0 Å². The van der Waals surface area contributed by atoms with Crippen LogP contribution in [0.5, 0.6) is 0 Å². The predicted molar refractivity (Wildman–Crippen MR) is 125 cm³/mol. The average molecular weight is 515 g/mol. The van der Waals surface area contributed by atoms with E-state index in [1.807, 2.05) is 0 Å². The Balaban J connectivity index is 1.09. The maximum absolute atomic E-state index is 13.1. The molecule has 2 aliphatic rings. The minimum absolute atomic E-state index is 0.0373. The van der Waals surface area contributed by atoms with Crippen LogP contribution in [-0.4, -0.2) is 60.2 Å². The Bertz CT molecular complexity index is 1480. The molecule has 2 N–H and O–H groups in total. The Hall–Kier alpha value is -3.77. The lowest BCUT2D eigenvalue weighted by molar-refractivity contribution is -0.137. The van der Waals surface area contributed by atoms with Crippen LogP contribution in [0.15, 0.2) is 42.6 Å². The number of anilines is 2. The number of carbonyl (C=O) groups excluding carboxylic acids is 1. The van der Waals surface area contributed by atoms with Crippen molar-refractivity contribution in [3.63, 3.8) is 0 Å². The fourth-order valence-electron chi connectivity index (χ4n) is 4.46. The van der Waals surface area contributed by atoms with E-state index in [1.165, 1.54) is 6.07 Å². The van der Waals surface area contributed by atoms with E-state index in [0.717, 1.165) is 23.4 Å². The Labute approximate surface area is 207 Å². The van der Waals surface area contributed by atoms with Crippen LogP contribution in [0.4, 0.5) is 24.8 Å². The zero-order valence-electron chi connectivity index (χ0n) is 18.6. The summed E-state index contributed by atoms with van der Waals surface area (Å²) in [6.07, 6.45) is -2.84. The Kier molecular flexibility index (Phi) is 5.30. The number of alkyl halides is 3. The summed E-state index contributed by atoms with van der Waals surface area (Å²) in [4.78, 5) is 25.6. The van der Waals surface area contributed by atoms with Crippen LogP contribution in [0.3, 0.4) is 0 Å². The molecule has 0 spiro atoms. The van der Waals surface area contributed by atoms with Gasteiger partial charge in [0.25, 0.3) is 5.91 Å². The molecule has 2 aromatic carbocycles. The fraction of sp³-hybridized carbons (Fsp3) is 0.261. The lowest BCUT2D eigenvalue weighted by atomic mass is 10.0. The van der Waals surface area contributed by atoms with E-state index in [2.05, 4.69) is 35.6 Å². The fourth-order valence-corrected chi connectivity index (χ4v) is 4.69. The molecule has 2 aromatic heterocycles. The van der Waals surface area contributed by atoms with Crippen LogP contribution in [-0.2, 0) is 19.3 Å². The number of fused-ring (bicyclic) bond motifs is 2. The minimum atomic E-state index is -4.51. The second-order valence-electron chi connectivity index (χ2n) is 8.81. The maximum Gasteiger partial charge on any atom is 0.416 e. The van der Waals surface area contributed by atoms with Gasteiger partial charge in [0.05, 0.1) is 11.3 Å². The van der Waals surface area contributed by atoms with Crippen molar-refractivity contribution in [1.29, 1.82) is 0 Å². The molecule has 184 valence electrons. The lowest BCUT2D eigenvalue weighted by Gasteiger charge is -2.44. The summed E-state index contributed by atoms with van der Waals surface area (Å²) in [5.41, 5.74) is 2.96. The van der Waals surface area contributed by atoms with E-state index in [4.69, 9.17) is 11.6 Å². The Morgan fingerprint density at radius 3 is 2.69 bits per heavy atom. The number of likely N-dealkylation sites (tertiary alicyclic amines) is 1. The number of nitrogens with zero attached hydrogens (tertiary/aromatic N) is 6. The molecule has 0 saturated carbocycles. The molecular weight excluding hydrogens is 497 g/mol. The number of benzene rings is 2. The maximum atomic E-state index is 13.1. The van der Waals surface area contributed by atoms with Crippen LogP contribution in [0.2, 0.25) is 5.02 Å². The first-order chi connectivity index (χ1) is 17.2. The van der Waals surface area contributed by atoms with Crippen molar-refractivity contribution in [2.45, 2.75) is 25.3 Å². The number of hydrogen-bond donors (Lipinski definition) is 2. The van der Waals surface area contributed by atoms with Gasteiger partial charge in [0.2, 0.25) is 5.95 Å². The van der Waals surface area contributed by atoms with Crippen molar-refractivity contribution in [1.82, 2.24) is 35.2 Å². The quantitative estimate of drug-likeness (QED) is 0.424. The SMILES string of the molecule is O=C(c1ccc2n[nH]nc2c1)N1CC(N2Cc3cnc(Nc4cc(Cl)cc(C(F)(F)F)c4)nc3C2)C1. The highest BCUT2D eigenvalue weighted by molar-refractivity contribution is 6.31. The summed E-state index contributed by atoms with van der Waals surface area (Å²) in [5, 5.41) is 13.4. The van der Waals surface area contributed by atoms with Gasteiger partial charge in [-0.1, -0.05) is 11.6 Å². The van der Waals surface area contributed by atoms with Crippen LogP contribution in [0.1, 0.15) is 27.2 Å². The molecule has 36 heavy (non-hydrogen) atoms. The van der Waals surface area contributed by atoms with Gasteiger partial charge in [0.15, 0.2) is 0 Å². The van der Waals surface area contributed by atoms with Crippen molar-refractivity contribution in [3.05, 3.63) is 70.0 Å². The first-order valence-corrected chi connectivity index (χ1v) is 11.4. The third-order valence-corrected chi connectivity index (χ3v) is 6.61. The van der Waals surface area contributed by atoms with Gasteiger partial charge in [-0.15, -0.1) is 0 Å². The molecule has 1 saturated heterocycles. The highest BCUT2D eigenvalue weighted by atomic mass is 35.5. The molecule has 2 aliphatic heterocycles. The van der Waals surface area contributed by atoms with Crippen molar-refractivity contribution in [3.8, 4) is 0 Å². The van der Waals surface area contributed by atoms with Crippen LogP contribution < -0.4 is 5.32 Å². The largest absolute Gasteiger partial charge is 0.416 e. The van der Waals surface area contributed by atoms with Gasteiger partial charge in [-0.05, 0) is 36.4 Å². The summed E-state index contributed by atoms with van der Waals surface area (Å²) >= 11 is 5.86. The summed E-state index contributed by atoms with van der Waals surface area (Å²) < 4.78 is 39.3. The number of halogens is 4. The number of H-pyrrole nitrogens is 1. The molecule has 0 atom stereocenters. The van der Waals surface area contributed by atoms with Crippen molar-refractivity contribution >= 4 is 40.2 Å². The van der Waals surface area contributed by atoms with Crippen molar-refractivity contribution < 1.29 is 18.0 Å². The number of rotatable bonds is 4. The molecule has 1 amide bonds. The number of aromatic amines is 1. The number of hydrogen-bond acceptors (Lipinski definition) is 7. The van der Waals surface area contributed by atoms with Crippen LogP contribution in [0.25, 0.3) is 11.0 Å². The van der Waals surface area contributed by atoms with Gasteiger partial charge >= 0.3 is 6.18 Å². The van der Waals surface area contributed by atoms with Crippen molar-refractivity contribution in [2.24, 2.45) is 0 Å². The summed E-state index contributed by atoms with van der Waals surface area (Å²) in [6, 6.07) is 8.63. The normalized spacial score (nSPS) is 16.3. The third kappa shape index (κ3) is 4.22. The first kappa shape index (κ1) is 22.7. The number of carbonyl (C=O) groups is 1. The second-order valence-corrected chi connectivity index (χ2v) is 9.25. The smallest absolute Gasteiger partial charge is 0.335 e. The van der Waals surface area contributed by atoms with Gasteiger partial charge in [-0.25, -0.2) is 9.97 Å². The highest BCUT2D eigenvalue weighted by Gasteiger charge is 2.38. The Morgan fingerprint density at radius 1 is 1.08 bits per heavy atom. The molecule has 13 heteroatoms. The molecular formula is C23H18ClF3N8O. The van der Waals surface area contributed by atoms with Crippen LogP contribution in [0, 0.1) is 0 Å². The van der Waals surface area contributed by atoms with Crippen LogP contribution >= 0.6 is 11.6 Å². The molecule has 4 aromatic rings. The number of aromatic nitrogens is 5. The molecule has 4 heterocycles. The topological polar surface area (TPSA) is 103 Å². The minimum Gasteiger partial charge on any atom is -0.335 e. The predicted octanol–water partition coefficient (Wildman–Crippen LogP) is 4.00. The van der Waals surface area contributed by atoms with E-state index >= 15 is 0 Å². The summed E-state index contributed by atoms with van der Waals surface area (Å²) in [7, 11) is 0. The number of nitrogens with one attached hydrogen (secondary N) is 2. The van der Waals surface area contributed by atoms with Crippen molar-refractivity contribution in [2.75, 3.05) is 18.4 Å². The summed E-state index contributed by atoms with van der Waals surface area (Å²) in [6.45, 7) is 2.38. The van der Waals surface area contributed by atoms with E-state index in [-0.39, 0.29) is 28.6 Å². The molecule has 0 bridgehead atoms. The molecule has 0 aliphatic carbocycles. The average Bonchev–Trinajstić information content (AvgIpc) is 3.43. The first-order valence-electron chi connectivity index (χ1n) is 11.1. The van der Waals surface area contributed by atoms with Gasteiger partial charge in [-0.3, -0.25) is 9.69 Å². The van der Waals surface area contributed by atoms with E-state index in [1.54, 1.807) is 29.3 Å². The zero-order valence-corrected chi connectivity index (χ0v) is 19.3. The molecule has 6 rings (SSSR count). The monoisotopic (exact) mass is 514 g/mol. The standard InChI is InChI=1S/C23H18ClF3N8O/c24-15-4-14(23(25,26)27)5-16(6-15)29-22-28-7-13-8-34(11-20(13)30-22)17-9-35(10-17)21(36)12-1-2-18-19(3-12)32-33-31-18/h1-7,17H,8-11H2,(H,28,29,30)(H,31,32,33). The molecule has 0 radical (unpaired) electrons. The molecule has 1 fully saturated rings. The summed E-state index contributed by atoms with van der Waals surface area (Å²) in [5.74, 6) is 0.138. The van der Waals surface area contributed by atoms with E-state index in [0.29, 0.717) is 42.8 Å². The Morgan fingerprint density at radius 2 is 1.89 bits per heavy atom. The van der Waals surface area contributed by atoms with Gasteiger partial charge in [0, 0.05) is 60.3 Å². The van der Waals surface area contributed by atoms with Gasteiger partial charge < -0.3 is 10.2 Å². The molecule has 9 nitrogen and oxygen atoms in total.